The zero-order valence-corrected chi connectivity index (χ0v) is 80.0. The van der Waals surface area contributed by atoms with E-state index in [9.17, 15) is 0 Å². The third kappa shape index (κ3) is 57.2. The number of hydrogen-bond donors (Lipinski definition) is 0. The van der Waals surface area contributed by atoms with Gasteiger partial charge in [-0.05, 0) is 98.2 Å². The fraction of sp³-hybridized carbons (Fsp3) is 1.00. The van der Waals surface area contributed by atoms with Crippen LogP contribution in [0.4, 0.5) is 0 Å². The van der Waals surface area contributed by atoms with Gasteiger partial charge in [0.2, 0.25) is 0 Å². The van der Waals surface area contributed by atoms with Gasteiger partial charge < -0.3 is 0 Å². The zero-order chi connectivity index (χ0) is 80.0. The third-order valence-corrected chi connectivity index (χ3v) is 29.5. The molecule has 0 amide bonds. The third-order valence-electron chi connectivity index (χ3n) is 29.5. The number of unbranched alkanes of at least 4 members (excludes halogenated alkanes) is 72. The molecule has 0 nitrogen and oxygen atoms in total. The zero-order valence-electron chi connectivity index (χ0n) is 80.0. The molecular formula is C110H222. The molecule has 0 aromatic rings. The number of rotatable bonds is 98. The second-order valence-corrected chi connectivity index (χ2v) is 39.1. The molecule has 110 heavy (non-hydrogen) atoms. The number of hydrogen-bond acceptors (Lipinski definition) is 0. The van der Waals surface area contributed by atoms with Crippen LogP contribution in [0.2, 0.25) is 0 Å². The van der Waals surface area contributed by atoms with Crippen LogP contribution in [0.3, 0.4) is 0 Å². The Balaban J connectivity index is 10.2. The lowest BCUT2D eigenvalue weighted by Crippen LogP contribution is -2.63. The minimum atomic E-state index is 0.357. The van der Waals surface area contributed by atoms with Gasteiger partial charge in [0.1, 0.15) is 0 Å². The summed E-state index contributed by atoms with van der Waals surface area (Å²) in [6, 6.07) is 0. The van der Waals surface area contributed by atoms with E-state index in [-0.39, 0.29) is 0 Å². The molecule has 0 heteroatoms. The van der Waals surface area contributed by atoms with Crippen LogP contribution in [-0.4, -0.2) is 0 Å². The maximum Gasteiger partial charge on any atom is -0.0177 e. The van der Waals surface area contributed by atoms with E-state index in [4.69, 9.17) is 0 Å². The molecule has 0 aliphatic rings. The summed E-state index contributed by atoms with van der Waals surface area (Å²) in [5.41, 5.74) is 1.52. The first-order valence-electron chi connectivity index (χ1n) is 54.3. The maximum absolute atomic E-state index is 2.60. The lowest BCUT2D eigenvalue weighted by molar-refractivity contribution is -0.221. The standard InChI is InChI=1S/C110H222/c1-12-23-34-44-52-58-61-63-65-69-76-85-96-106(95-84-75-68-64-62-59-53-45-35-24-13-2)108(100-89-79-72-66-55-47-37-26-15-4,101-90-80-73-67-60-54-46-36-25-14-3)110(104-93-82-70-50-40-29-18-7,105-94-83-74-57-49-39-28-17-6)109(102-91-77-42-31-20-9,103-92-81-51-41-30-19-8)107(97-86-33-22-11,98-87-43-32-21-10)99-88-78-71-56-48-38-27-16-5/h106H,12-105H2,1-11H3. The van der Waals surface area contributed by atoms with Gasteiger partial charge in [0, 0.05) is 0 Å². The molecule has 0 aliphatic carbocycles. The molecule has 0 bridgehead atoms. The van der Waals surface area contributed by atoms with E-state index in [1.807, 2.05) is 0 Å². The topological polar surface area (TPSA) is 0 Å². The first-order valence-corrected chi connectivity index (χ1v) is 54.3. The molecule has 0 aromatic carbocycles. The van der Waals surface area contributed by atoms with Crippen LogP contribution >= 0.6 is 0 Å². The summed E-state index contributed by atoms with van der Waals surface area (Å²) in [5, 5.41) is 0. The second kappa shape index (κ2) is 86.8. The molecule has 0 aromatic heterocycles. The van der Waals surface area contributed by atoms with Crippen LogP contribution in [0.15, 0.2) is 0 Å². The fourth-order valence-electron chi connectivity index (χ4n) is 22.8. The Kier molecular flexibility index (Phi) is 86.8. The van der Waals surface area contributed by atoms with Crippen molar-refractivity contribution in [1.82, 2.24) is 0 Å². The largest absolute Gasteiger partial charge is 0.0654 e. The normalized spacial score (nSPS) is 14.5. The molecular weight excluding hydrogens is 1320 g/mol. The Bertz CT molecular complexity index is 1670. The van der Waals surface area contributed by atoms with Crippen LogP contribution in [-0.2, 0) is 0 Å². The van der Waals surface area contributed by atoms with E-state index in [0.29, 0.717) is 21.7 Å². The van der Waals surface area contributed by atoms with Crippen LogP contribution in [0.1, 0.15) is 680 Å². The SMILES string of the molecule is CCCCCCCCCCCCCCC(CCCCCCCCCCCCC)C(CCCCCCCCCCC)(CCCCCCCCCCCC)C(CCCCCCCCC)(CCCCCCCCCC)C(CCCCCCC)(CCCCCCCC)C(CCCCC)(CCCCCC)CCCCCCCCCC. The minimum absolute atomic E-state index is 0.357. The van der Waals surface area contributed by atoms with Gasteiger partial charge in [-0.2, -0.15) is 0 Å². The average molecular weight is 1540 g/mol. The van der Waals surface area contributed by atoms with Crippen molar-refractivity contribution in [3.8, 4) is 0 Å². The van der Waals surface area contributed by atoms with Gasteiger partial charge in [-0.15, -0.1) is 0 Å². The van der Waals surface area contributed by atoms with Crippen LogP contribution in [0.25, 0.3) is 0 Å². The predicted molar refractivity (Wildman–Crippen MR) is 510 cm³/mol. The van der Waals surface area contributed by atoms with Gasteiger partial charge in [-0.1, -0.05) is 609 Å². The molecule has 0 fully saturated rings. The highest BCUT2D eigenvalue weighted by molar-refractivity contribution is 5.16. The molecule has 0 aliphatic heterocycles. The molecule has 0 N–H and O–H groups in total. The van der Waals surface area contributed by atoms with Gasteiger partial charge in [-0.25, -0.2) is 0 Å². The lowest BCUT2D eigenvalue weighted by atomic mass is 9.33. The van der Waals surface area contributed by atoms with E-state index >= 15 is 0 Å². The van der Waals surface area contributed by atoms with Crippen molar-refractivity contribution in [2.45, 2.75) is 680 Å². The van der Waals surface area contributed by atoms with E-state index < -0.39 is 0 Å². The van der Waals surface area contributed by atoms with Crippen molar-refractivity contribution >= 4 is 0 Å². The van der Waals surface area contributed by atoms with Crippen molar-refractivity contribution in [3.05, 3.63) is 0 Å². The van der Waals surface area contributed by atoms with E-state index in [1.54, 1.807) is 70.6 Å². The molecule has 5 atom stereocenters. The second-order valence-electron chi connectivity index (χ2n) is 39.1. The van der Waals surface area contributed by atoms with Gasteiger partial charge >= 0.3 is 0 Å². The summed E-state index contributed by atoms with van der Waals surface area (Å²) in [6.07, 6.45) is 140. The van der Waals surface area contributed by atoms with Crippen LogP contribution in [0.5, 0.6) is 0 Å². The Hall–Kier alpha value is 0. The molecule has 0 rings (SSSR count). The molecule has 5 unspecified atom stereocenters. The first-order chi connectivity index (χ1) is 54.3. The smallest absolute Gasteiger partial charge is 0.0177 e. The maximum atomic E-state index is 2.60. The molecule has 0 saturated carbocycles. The summed E-state index contributed by atoms with van der Waals surface area (Å²) >= 11 is 0. The Morgan fingerprint density at radius 2 is 0.245 bits per heavy atom. The van der Waals surface area contributed by atoms with Crippen molar-refractivity contribution in [1.29, 1.82) is 0 Å². The van der Waals surface area contributed by atoms with Crippen molar-refractivity contribution in [2.75, 3.05) is 0 Å². The monoisotopic (exact) mass is 1540 g/mol. The summed E-state index contributed by atoms with van der Waals surface area (Å²) in [5.74, 6) is 0.871. The van der Waals surface area contributed by atoms with Crippen LogP contribution in [0, 0.1) is 27.6 Å². The molecule has 0 radical (unpaired) electrons. The molecule has 662 valence electrons. The van der Waals surface area contributed by atoms with Gasteiger partial charge in [-0.3, -0.25) is 0 Å². The predicted octanol–water partition coefficient (Wildman–Crippen LogP) is 42.4. The average Bonchev–Trinajstić information content (AvgIpc) is 0.690. The quantitative estimate of drug-likeness (QED) is 0.0533. The molecule has 0 spiro atoms. The van der Waals surface area contributed by atoms with E-state index in [0.717, 1.165) is 5.92 Å². The van der Waals surface area contributed by atoms with E-state index in [2.05, 4.69) is 76.2 Å². The minimum Gasteiger partial charge on any atom is -0.0654 e. The fourth-order valence-corrected chi connectivity index (χ4v) is 22.8. The highest BCUT2D eigenvalue weighted by Gasteiger charge is 2.67. The van der Waals surface area contributed by atoms with Crippen molar-refractivity contribution in [2.24, 2.45) is 27.6 Å². The van der Waals surface area contributed by atoms with Crippen molar-refractivity contribution in [3.63, 3.8) is 0 Å². The summed E-state index contributed by atoms with van der Waals surface area (Å²) in [6.45, 7) is 27.2. The summed E-state index contributed by atoms with van der Waals surface area (Å²) in [7, 11) is 0. The molecule has 0 saturated heterocycles. The summed E-state index contributed by atoms with van der Waals surface area (Å²) in [4.78, 5) is 0. The van der Waals surface area contributed by atoms with Gasteiger partial charge in [0.25, 0.3) is 0 Å². The lowest BCUT2D eigenvalue weighted by Gasteiger charge is -2.71. The highest BCUT2D eigenvalue weighted by Crippen LogP contribution is 2.76. The first kappa shape index (κ1) is 110. The van der Waals surface area contributed by atoms with Crippen molar-refractivity contribution < 1.29 is 0 Å². The van der Waals surface area contributed by atoms with Crippen LogP contribution < -0.4 is 0 Å². The van der Waals surface area contributed by atoms with Gasteiger partial charge in [0.05, 0.1) is 0 Å². The molecule has 0 heterocycles. The Morgan fingerprint density at radius 3 is 0.445 bits per heavy atom. The Morgan fingerprint density at radius 1 is 0.118 bits per heavy atom. The summed E-state index contributed by atoms with van der Waals surface area (Å²) < 4.78 is 0. The van der Waals surface area contributed by atoms with Gasteiger partial charge in [0.15, 0.2) is 0 Å². The Labute approximate surface area is 703 Å². The highest BCUT2D eigenvalue weighted by atomic mass is 14.7. The van der Waals surface area contributed by atoms with E-state index in [1.165, 1.54) is 533 Å².